The highest BCUT2D eigenvalue weighted by molar-refractivity contribution is 5.93. The molecule has 3 aromatic carbocycles. The second-order valence-electron chi connectivity index (χ2n) is 28.9. The summed E-state index contributed by atoms with van der Waals surface area (Å²) in [7, 11) is 5.10. The van der Waals surface area contributed by atoms with Gasteiger partial charge in [-0.25, -0.2) is 37.5 Å². The van der Waals surface area contributed by atoms with Gasteiger partial charge in [0.2, 0.25) is 0 Å². The number of benzene rings is 3. The van der Waals surface area contributed by atoms with Gasteiger partial charge in [-0.15, -0.1) is 0 Å². The number of nitrogens with zero attached hydrogens (tertiary/aromatic N) is 4. The lowest BCUT2D eigenvalue weighted by atomic mass is 9.90. The fourth-order valence-electron chi connectivity index (χ4n) is 11.6. The van der Waals surface area contributed by atoms with Crippen LogP contribution in [-0.4, -0.2) is 193 Å². The Hall–Kier alpha value is -7.53. The van der Waals surface area contributed by atoms with Crippen LogP contribution in [0.1, 0.15) is 181 Å². The van der Waals surface area contributed by atoms with E-state index in [0.717, 1.165) is 56.4 Å². The summed E-state index contributed by atoms with van der Waals surface area (Å²) in [5.74, 6) is -7.93. The van der Waals surface area contributed by atoms with Crippen molar-refractivity contribution in [2.75, 3.05) is 54.6 Å². The Labute approximate surface area is 572 Å². The van der Waals surface area contributed by atoms with Crippen LogP contribution in [-0.2, 0) is 95.7 Å². The molecule has 3 aromatic rings. The zero-order chi connectivity index (χ0) is 72.3. The van der Waals surface area contributed by atoms with E-state index in [1.54, 1.807) is 83.1 Å². The van der Waals surface area contributed by atoms with Gasteiger partial charge < -0.3 is 52.6 Å². The van der Waals surface area contributed by atoms with Gasteiger partial charge in [0.25, 0.3) is 17.7 Å². The molecule has 0 spiro atoms. The van der Waals surface area contributed by atoms with Crippen LogP contribution in [0.4, 0.5) is 13.6 Å². The monoisotopic (exact) mass is 1360 g/mol. The maximum absolute atomic E-state index is 16.1. The maximum Gasteiger partial charge on any atom is 0.410 e. The zero-order valence-electron chi connectivity index (χ0n) is 60.0. The number of alkyl halides is 2. The third kappa shape index (κ3) is 25.7. The zero-order valence-corrected chi connectivity index (χ0v) is 60.0. The highest BCUT2D eigenvalue weighted by Gasteiger charge is 2.44. The van der Waals surface area contributed by atoms with Crippen LogP contribution in [0.5, 0.6) is 0 Å². The Balaban J connectivity index is 1.44. The minimum Gasteiger partial charge on any atom is -0.458 e. The largest absolute Gasteiger partial charge is 0.458 e. The van der Waals surface area contributed by atoms with Crippen LogP contribution in [0.25, 0.3) is 0 Å². The first-order valence-electron chi connectivity index (χ1n) is 33.8. The first-order valence-corrected chi connectivity index (χ1v) is 33.8. The summed E-state index contributed by atoms with van der Waals surface area (Å²) < 4.78 is 77.5. The Morgan fingerprint density at radius 1 is 0.454 bits per heavy atom. The Morgan fingerprint density at radius 2 is 0.814 bits per heavy atom. The molecule has 2 aliphatic rings. The summed E-state index contributed by atoms with van der Waals surface area (Å²) in [6, 6.07) is 17.7. The predicted molar refractivity (Wildman–Crippen MR) is 359 cm³/mol. The fourth-order valence-corrected chi connectivity index (χ4v) is 11.6. The molecule has 0 bridgehead atoms. The van der Waals surface area contributed by atoms with E-state index >= 15 is 18.4 Å². The van der Waals surface area contributed by atoms with Crippen molar-refractivity contribution in [3.05, 3.63) is 107 Å². The lowest BCUT2D eigenvalue weighted by Gasteiger charge is -2.35. The van der Waals surface area contributed by atoms with E-state index in [9.17, 15) is 33.6 Å². The summed E-state index contributed by atoms with van der Waals surface area (Å²) in [5, 5.41) is 0. The first-order chi connectivity index (χ1) is 45.3. The molecule has 4 amide bonds. The van der Waals surface area contributed by atoms with Crippen LogP contribution in [0.15, 0.2) is 78.9 Å². The van der Waals surface area contributed by atoms with E-state index in [4.69, 9.17) is 37.9 Å². The van der Waals surface area contributed by atoms with Crippen molar-refractivity contribution in [3.8, 4) is 0 Å². The summed E-state index contributed by atoms with van der Waals surface area (Å²) in [4.78, 5) is 133. The van der Waals surface area contributed by atoms with Crippen molar-refractivity contribution >= 4 is 53.7 Å². The van der Waals surface area contributed by atoms with Crippen molar-refractivity contribution in [1.82, 2.24) is 19.6 Å². The number of hydrogen-bond acceptors (Lipinski definition) is 17. The number of halogens is 2. The summed E-state index contributed by atoms with van der Waals surface area (Å²) in [5.41, 5.74) is -1.27. The fraction of sp³-hybridized carbons (Fsp3) is 0.635. The SMILES string of the molecule is CC(C)C[C@@H](C(=O)O[C@H](C)C(=O)N(C)[C@@H](CC(C)(C)F)C(=O)O[C@H](Cc1ccc(C2CCOCC2)cc1)C(=O)N(C)[C@@H](CC(C)C)C(=O)O[C@H](C)C(=O)OCc1ccccc1)N(C)C(=O)[C@@H](Cc1ccc(C2CCOCC2)cc1)OC(=O)[C@H](CC(C)(C)F)N(C)C(=O)OC(C)(C)C. The van der Waals surface area contributed by atoms with E-state index in [1.165, 1.54) is 69.7 Å². The second-order valence-corrected chi connectivity index (χ2v) is 28.9. The molecule has 23 heteroatoms. The van der Waals surface area contributed by atoms with E-state index in [0.29, 0.717) is 43.1 Å². The Kier molecular flexibility index (Phi) is 30.0. The standard InChI is InChI=1S/C74H106F2N4O17/c1-46(2)39-57(77(14)65(83)62(42-51-25-29-54(30-26-51)56-33-37-91-38-34-56)96-70(88)60(44-74(12,13)76)80(17)71(89)97-72(7,8)9)67(85)93-48(5)63(81)79(16)59(43-73(10,11)75)69(87)95-61(41-50-23-27-53(28-24-50)55-31-35-90-36-32-55)64(82)78(15)58(40-47(3)4)68(86)94-49(6)66(84)92-45-52-21-19-18-20-22-52/h18-30,46-49,55-62H,31-45H2,1-17H3/t48-,49-,57+,58+,59+,60+,61-,62-/m1/s1. The third-order valence-electron chi connectivity index (χ3n) is 17.2. The quantitative estimate of drug-likeness (QED) is 0.0417. The summed E-state index contributed by atoms with van der Waals surface area (Å²) in [6.07, 6.45) is -5.82. The van der Waals surface area contributed by atoms with Gasteiger partial charge in [-0.3, -0.25) is 19.3 Å². The summed E-state index contributed by atoms with van der Waals surface area (Å²) >= 11 is 0. The van der Waals surface area contributed by atoms with Gasteiger partial charge in [-0.05, 0) is 152 Å². The van der Waals surface area contributed by atoms with Gasteiger partial charge in [0, 0.05) is 80.3 Å². The lowest BCUT2D eigenvalue weighted by molar-refractivity contribution is -0.176. The predicted octanol–water partition coefficient (Wildman–Crippen LogP) is 10.8. The molecular weight excluding hydrogens is 1250 g/mol. The van der Waals surface area contributed by atoms with Crippen molar-refractivity contribution in [2.45, 2.75) is 238 Å². The molecule has 0 saturated carbocycles. The summed E-state index contributed by atoms with van der Waals surface area (Å²) in [6.45, 7) is 21.8. The van der Waals surface area contributed by atoms with Gasteiger partial charge in [-0.1, -0.05) is 107 Å². The maximum atomic E-state index is 16.1. The molecule has 2 fully saturated rings. The molecule has 97 heavy (non-hydrogen) atoms. The van der Waals surface area contributed by atoms with Gasteiger partial charge in [0.15, 0.2) is 24.4 Å². The molecule has 2 saturated heterocycles. The highest BCUT2D eigenvalue weighted by Crippen LogP contribution is 2.31. The van der Waals surface area contributed by atoms with Crippen LogP contribution < -0.4 is 0 Å². The van der Waals surface area contributed by atoms with Crippen LogP contribution >= 0.6 is 0 Å². The molecule has 0 aliphatic carbocycles. The van der Waals surface area contributed by atoms with Crippen molar-refractivity contribution in [3.63, 3.8) is 0 Å². The molecule has 2 aliphatic heterocycles. The number of esters is 5. The molecule has 0 aromatic heterocycles. The molecule has 0 radical (unpaired) electrons. The molecule has 538 valence electrons. The van der Waals surface area contributed by atoms with Gasteiger partial charge >= 0.3 is 35.9 Å². The van der Waals surface area contributed by atoms with E-state index in [1.807, 2.05) is 44.2 Å². The number of rotatable bonds is 32. The Morgan fingerprint density at radius 3 is 1.19 bits per heavy atom. The average Bonchev–Trinajstić information content (AvgIpc) is 0.880. The average molecular weight is 1360 g/mol. The molecule has 0 unspecified atom stereocenters. The van der Waals surface area contributed by atoms with E-state index in [2.05, 4.69) is 0 Å². The minimum absolute atomic E-state index is 0.0402. The number of ether oxygens (including phenoxy) is 8. The normalized spacial score (nSPS) is 16.6. The van der Waals surface area contributed by atoms with E-state index < -0.39 is 132 Å². The molecule has 0 N–H and O–H groups in total. The minimum atomic E-state index is -2.16. The second kappa shape index (κ2) is 36.3. The number of carbonyl (C=O) groups is 9. The number of amides is 4. The number of hydrogen-bond donors (Lipinski definition) is 0. The molecule has 21 nitrogen and oxygen atoms in total. The topological polar surface area (TPSA) is 240 Å². The van der Waals surface area contributed by atoms with Crippen molar-refractivity contribution in [1.29, 1.82) is 0 Å². The highest BCUT2D eigenvalue weighted by atomic mass is 19.1. The number of likely N-dealkylation sites (N-methyl/N-ethyl adjacent to an activating group) is 4. The van der Waals surface area contributed by atoms with Crippen LogP contribution in [0.3, 0.4) is 0 Å². The van der Waals surface area contributed by atoms with Crippen LogP contribution in [0.2, 0.25) is 0 Å². The first kappa shape index (κ1) is 80.2. The van der Waals surface area contributed by atoms with Gasteiger partial charge in [0.1, 0.15) is 47.7 Å². The molecular formula is C74H106F2N4O17. The van der Waals surface area contributed by atoms with Crippen LogP contribution in [0, 0.1) is 11.8 Å². The third-order valence-corrected chi connectivity index (χ3v) is 17.2. The smallest absolute Gasteiger partial charge is 0.410 e. The van der Waals surface area contributed by atoms with Gasteiger partial charge in [-0.2, -0.15) is 0 Å². The van der Waals surface area contributed by atoms with Crippen molar-refractivity contribution in [2.24, 2.45) is 11.8 Å². The van der Waals surface area contributed by atoms with Gasteiger partial charge in [0.05, 0.1) is 0 Å². The number of carbonyl (C=O) groups excluding carboxylic acids is 9. The van der Waals surface area contributed by atoms with Crippen molar-refractivity contribution < 1.29 is 89.8 Å². The molecule has 8 atom stereocenters. The molecule has 5 rings (SSSR count). The Bertz CT molecular complexity index is 3080. The lowest BCUT2D eigenvalue weighted by Crippen LogP contribution is -2.54. The van der Waals surface area contributed by atoms with E-state index in [-0.39, 0.29) is 56.0 Å². The molecule has 2 heterocycles.